The van der Waals surface area contributed by atoms with Gasteiger partial charge >= 0.3 is 0 Å². The lowest BCUT2D eigenvalue weighted by Crippen LogP contribution is -2.36. The third-order valence-electron chi connectivity index (χ3n) is 6.74. The van der Waals surface area contributed by atoms with E-state index in [2.05, 4.69) is 95.9 Å². The van der Waals surface area contributed by atoms with Gasteiger partial charge in [0.05, 0.1) is 17.1 Å². The van der Waals surface area contributed by atoms with Crippen LogP contribution in [0.4, 0.5) is 5.69 Å². The fourth-order valence-electron chi connectivity index (χ4n) is 5.05. The van der Waals surface area contributed by atoms with Crippen molar-refractivity contribution in [3.05, 3.63) is 96.6 Å². The summed E-state index contributed by atoms with van der Waals surface area (Å²) < 4.78 is 0. The predicted octanol–water partition coefficient (Wildman–Crippen LogP) is 7.15. The summed E-state index contributed by atoms with van der Waals surface area (Å²) in [5, 5.41) is 0. The molecule has 0 saturated carbocycles. The summed E-state index contributed by atoms with van der Waals surface area (Å²) in [5.74, 6) is 1.17. The molecule has 3 heteroatoms. The minimum absolute atomic E-state index is 0.802. The van der Waals surface area contributed by atoms with Gasteiger partial charge in [-0.2, -0.15) is 0 Å². The summed E-state index contributed by atoms with van der Waals surface area (Å²) in [6.45, 7) is 2.18. The van der Waals surface area contributed by atoms with Crippen molar-refractivity contribution in [1.82, 2.24) is 9.88 Å². The largest absolute Gasteiger partial charge is 0.360 e. The van der Waals surface area contributed by atoms with Crippen molar-refractivity contribution < 1.29 is 0 Å². The molecule has 1 aromatic heterocycles. The third kappa shape index (κ3) is 3.84. The van der Waals surface area contributed by atoms with Gasteiger partial charge in [0.1, 0.15) is 5.84 Å². The van der Waals surface area contributed by atoms with E-state index in [0.29, 0.717) is 0 Å². The zero-order valence-electron chi connectivity index (χ0n) is 18.7. The molecule has 2 aliphatic heterocycles. The van der Waals surface area contributed by atoms with Crippen molar-refractivity contribution in [1.29, 1.82) is 0 Å². The number of likely N-dealkylation sites (tertiary alicyclic amines) is 1. The van der Waals surface area contributed by atoms with E-state index < -0.39 is 0 Å². The fraction of sp³-hybridized carbons (Fsp3) is 0.200. The average Bonchev–Trinajstić information content (AvgIpc) is 3.07. The first kappa shape index (κ1) is 19.9. The number of piperidine rings is 1. The van der Waals surface area contributed by atoms with Gasteiger partial charge in [-0.1, -0.05) is 78.9 Å². The number of aromatic nitrogens is 1. The molecule has 0 N–H and O–H groups in total. The van der Waals surface area contributed by atoms with Gasteiger partial charge in [0, 0.05) is 30.6 Å². The van der Waals surface area contributed by atoms with E-state index in [4.69, 9.17) is 9.98 Å². The van der Waals surface area contributed by atoms with Gasteiger partial charge in [-0.25, -0.2) is 9.98 Å². The summed E-state index contributed by atoms with van der Waals surface area (Å²) in [4.78, 5) is 13.0. The molecule has 33 heavy (non-hydrogen) atoms. The van der Waals surface area contributed by atoms with E-state index in [1.807, 2.05) is 0 Å². The van der Waals surface area contributed by atoms with Gasteiger partial charge in [0.25, 0.3) is 0 Å². The topological polar surface area (TPSA) is 28.5 Å². The molecular formula is C30H27N3. The van der Waals surface area contributed by atoms with Gasteiger partial charge in [0.15, 0.2) is 0 Å². The molecule has 4 aromatic rings. The molecule has 0 aliphatic carbocycles. The van der Waals surface area contributed by atoms with Crippen molar-refractivity contribution in [3.63, 3.8) is 0 Å². The van der Waals surface area contributed by atoms with Gasteiger partial charge in [0.2, 0.25) is 0 Å². The molecule has 3 nitrogen and oxygen atoms in total. The second-order valence-electron chi connectivity index (χ2n) is 8.88. The van der Waals surface area contributed by atoms with Gasteiger partial charge in [-0.15, -0.1) is 0 Å². The maximum absolute atomic E-state index is 5.26. The first-order chi connectivity index (χ1) is 16.4. The van der Waals surface area contributed by atoms with Crippen LogP contribution >= 0.6 is 0 Å². The number of aliphatic imine (C=N–C) groups is 1. The zero-order chi connectivity index (χ0) is 22.0. The standard InChI is InChI=1S/C30H27N3/c1-4-12-22(13-5-1)25-20-28(23-14-6-2-7-15-23)32-30-24-16-8-9-17-27(24)31-29(21-26(25)30)33-18-10-3-11-19-33/h1-2,4-9,12-17,20H,3,10-11,18-19,21H2. The Morgan fingerprint density at radius 3 is 2.06 bits per heavy atom. The van der Waals surface area contributed by atoms with Crippen LogP contribution in [0.15, 0.2) is 96.0 Å². The Hall–Kier alpha value is -3.72. The van der Waals surface area contributed by atoms with Crippen LogP contribution in [0, 0.1) is 0 Å². The number of amidine groups is 1. The molecule has 0 atom stereocenters. The van der Waals surface area contributed by atoms with Crippen molar-refractivity contribution >= 4 is 11.5 Å². The van der Waals surface area contributed by atoms with Crippen molar-refractivity contribution in [2.45, 2.75) is 25.7 Å². The van der Waals surface area contributed by atoms with Crippen molar-refractivity contribution in [2.24, 2.45) is 4.99 Å². The molecule has 1 saturated heterocycles. The highest BCUT2D eigenvalue weighted by Gasteiger charge is 2.25. The van der Waals surface area contributed by atoms with E-state index in [1.54, 1.807) is 0 Å². The van der Waals surface area contributed by atoms with E-state index in [9.17, 15) is 0 Å². The molecule has 162 valence electrons. The molecular weight excluding hydrogens is 402 g/mol. The number of para-hydroxylation sites is 1. The van der Waals surface area contributed by atoms with E-state index >= 15 is 0 Å². The third-order valence-corrected chi connectivity index (χ3v) is 6.74. The Bertz CT molecular complexity index is 1300. The summed E-state index contributed by atoms with van der Waals surface area (Å²) in [6, 6.07) is 32.0. The number of nitrogens with zero attached hydrogens (tertiary/aromatic N) is 3. The van der Waals surface area contributed by atoms with Crippen molar-refractivity contribution in [3.8, 4) is 33.6 Å². The Morgan fingerprint density at radius 1 is 0.636 bits per heavy atom. The number of rotatable bonds is 2. The highest BCUT2D eigenvalue weighted by Crippen LogP contribution is 2.41. The van der Waals surface area contributed by atoms with Crippen LogP contribution in [0.5, 0.6) is 0 Å². The molecule has 3 aromatic carbocycles. The van der Waals surface area contributed by atoms with Crippen LogP contribution < -0.4 is 0 Å². The second kappa shape index (κ2) is 8.67. The summed E-state index contributed by atoms with van der Waals surface area (Å²) in [5.41, 5.74) is 9.09. The lowest BCUT2D eigenvalue weighted by Gasteiger charge is -2.30. The van der Waals surface area contributed by atoms with E-state index in [1.165, 1.54) is 41.8 Å². The maximum Gasteiger partial charge on any atom is 0.109 e. The Balaban J connectivity index is 1.61. The van der Waals surface area contributed by atoms with Gasteiger partial charge in [-0.05, 0) is 48.1 Å². The van der Waals surface area contributed by atoms with Gasteiger partial charge in [-0.3, -0.25) is 0 Å². The predicted molar refractivity (Wildman–Crippen MR) is 137 cm³/mol. The van der Waals surface area contributed by atoms with Crippen LogP contribution in [0.25, 0.3) is 33.6 Å². The molecule has 2 aliphatic rings. The zero-order valence-corrected chi connectivity index (χ0v) is 18.7. The maximum atomic E-state index is 5.26. The second-order valence-corrected chi connectivity index (χ2v) is 8.88. The molecule has 1 fully saturated rings. The highest BCUT2D eigenvalue weighted by atomic mass is 15.2. The number of hydrogen-bond acceptors (Lipinski definition) is 3. The van der Waals surface area contributed by atoms with Crippen LogP contribution in [-0.2, 0) is 6.42 Å². The Labute approximate surface area is 195 Å². The number of fused-ring (bicyclic) bond motifs is 3. The summed E-state index contributed by atoms with van der Waals surface area (Å²) >= 11 is 0. The van der Waals surface area contributed by atoms with Gasteiger partial charge < -0.3 is 4.90 Å². The lowest BCUT2D eigenvalue weighted by molar-refractivity contribution is 0.338. The highest BCUT2D eigenvalue weighted by molar-refractivity contribution is 5.97. The van der Waals surface area contributed by atoms with Crippen LogP contribution in [-0.4, -0.2) is 28.8 Å². The van der Waals surface area contributed by atoms with Crippen LogP contribution in [0.3, 0.4) is 0 Å². The molecule has 0 spiro atoms. The molecule has 3 heterocycles. The molecule has 0 amide bonds. The number of benzene rings is 3. The lowest BCUT2D eigenvalue weighted by atomic mass is 9.91. The average molecular weight is 430 g/mol. The molecule has 6 rings (SSSR count). The van der Waals surface area contributed by atoms with Crippen molar-refractivity contribution in [2.75, 3.05) is 13.1 Å². The first-order valence-electron chi connectivity index (χ1n) is 11.9. The number of pyridine rings is 1. The Kier molecular flexibility index (Phi) is 5.23. The normalized spacial score (nSPS) is 15.3. The molecule has 0 radical (unpaired) electrons. The smallest absolute Gasteiger partial charge is 0.109 e. The monoisotopic (exact) mass is 429 g/mol. The fourth-order valence-corrected chi connectivity index (χ4v) is 5.05. The van der Waals surface area contributed by atoms with E-state index in [0.717, 1.165) is 47.7 Å². The minimum Gasteiger partial charge on any atom is -0.360 e. The number of hydrogen-bond donors (Lipinski definition) is 0. The first-order valence-corrected chi connectivity index (χ1v) is 11.9. The summed E-state index contributed by atoms with van der Waals surface area (Å²) in [7, 11) is 0. The quantitative estimate of drug-likeness (QED) is 0.338. The minimum atomic E-state index is 0.802. The molecule has 0 unspecified atom stereocenters. The molecule has 0 bridgehead atoms. The van der Waals surface area contributed by atoms with E-state index in [-0.39, 0.29) is 0 Å². The van der Waals surface area contributed by atoms with Crippen LogP contribution in [0.1, 0.15) is 24.8 Å². The Morgan fingerprint density at radius 2 is 1.30 bits per heavy atom. The SMILES string of the molecule is c1ccc(-c2cc(-c3ccccc3)c3c(n2)-c2ccccc2N=C(N2CCCCC2)C3)cc1. The van der Waals surface area contributed by atoms with Crippen LogP contribution in [0.2, 0.25) is 0 Å². The summed E-state index contributed by atoms with van der Waals surface area (Å²) in [6.07, 6.45) is 4.60.